The molecule has 1 aliphatic heterocycles. The maximum atomic E-state index is 12.7. The number of carbonyl (C=O) groups excluding carboxylic acids is 1. The molecule has 1 unspecified atom stereocenters. The van der Waals surface area contributed by atoms with Crippen LogP contribution in [0.3, 0.4) is 0 Å². The molecule has 0 aromatic heterocycles. The van der Waals surface area contributed by atoms with E-state index in [2.05, 4.69) is 5.32 Å². The van der Waals surface area contributed by atoms with Crippen molar-refractivity contribution < 1.29 is 19.7 Å². The van der Waals surface area contributed by atoms with Crippen molar-refractivity contribution in [2.24, 2.45) is 0 Å². The Hall–Kier alpha value is -3.15. The number of phenols is 2. The second kappa shape index (κ2) is 9.11. The number of hydrogen-bond donors (Lipinski definition) is 3. The summed E-state index contributed by atoms with van der Waals surface area (Å²) in [6.07, 6.45) is 2.51. The Kier molecular flexibility index (Phi) is 6.55. The van der Waals surface area contributed by atoms with Crippen molar-refractivity contribution in [3.05, 3.63) is 64.9 Å². The number of nitrogens with zero attached hydrogens (tertiary/aromatic N) is 1. The van der Waals surface area contributed by atoms with E-state index in [4.69, 9.17) is 4.74 Å². The molecule has 0 bridgehead atoms. The summed E-state index contributed by atoms with van der Waals surface area (Å²) in [7, 11) is 1.63. The number of methoxy groups -OCH3 is 1. The summed E-state index contributed by atoms with van der Waals surface area (Å²) in [5, 5.41) is 23.7. The highest BCUT2D eigenvalue weighted by Crippen LogP contribution is 2.43. The van der Waals surface area contributed by atoms with Gasteiger partial charge in [0.1, 0.15) is 17.2 Å². The largest absolute Gasteiger partial charge is 0.508 e. The van der Waals surface area contributed by atoms with Crippen LogP contribution in [0.15, 0.2) is 48.2 Å². The predicted molar refractivity (Wildman–Crippen MR) is 117 cm³/mol. The minimum absolute atomic E-state index is 0.0344. The Labute approximate surface area is 177 Å². The van der Waals surface area contributed by atoms with Crippen LogP contribution in [-0.2, 0) is 11.3 Å². The monoisotopic (exact) mass is 410 g/mol. The third-order valence-electron chi connectivity index (χ3n) is 5.46. The smallest absolute Gasteiger partial charge is 0.267 e. The van der Waals surface area contributed by atoms with Gasteiger partial charge in [0, 0.05) is 24.7 Å². The molecule has 1 atom stereocenters. The molecule has 3 N–H and O–H groups in total. The van der Waals surface area contributed by atoms with Gasteiger partial charge in [0.05, 0.1) is 18.8 Å². The van der Waals surface area contributed by atoms with Crippen LogP contribution in [0.5, 0.6) is 17.2 Å². The lowest BCUT2D eigenvalue weighted by Gasteiger charge is -2.31. The van der Waals surface area contributed by atoms with Gasteiger partial charge in [-0.15, -0.1) is 0 Å². The Morgan fingerprint density at radius 1 is 1.20 bits per heavy atom. The van der Waals surface area contributed by atoms with Crippen molar-refractivity contribution in [1.29, 1.82) is 0 Å². The van der Waals surface area contributed by atoms with Gasteiger partial charge < -0.3 is 25.2 Å². The first-order chi connectivity index (χ1) is 14.3. The highest BCUT2D eigenvalue weighted by atomic mass is 16.5. The van der Waals surface area contributed by atoms with Gasteiger partial charge in [-0.3, -0.25) is 4.79 Å². The highest BCUT2D eigenvalue weighted by molar-refractivity contribution is 5.93. The summed E-state index contributed by atoms with van der Waals surface area (Å²) in [6, 6.07) is 10.8. The number of likely N-dealkylation sites (N-methyl/N-ethyl adjacent to an activating group) is 1. The van der Waals surface area contributed by atoms with E-state index < -0.39 is 0 Å². The Balaban J connectivity index is 1.98. The number of aromatic hydroxyl groups is 2. The van der Waals surface area contributed by atoms with E-state index in [9.17, 15) is 15.0 Å². The van der Waals surface area contributed by atoms with Gasteiger partial charge in [0.15, 0.2) is 0 Å². The number of nitrogens with one attached hydrogen (secondary N) is 1. The molecule has 0 saturated carbocycles. The molecule has 6 heteroatoms. The molecule has 2 aromatic carbocycles. The van der Waals surface area contributed by atoms with Crippen molar-refractivity contribution in [3.8, 4) is 17.2 Å². The molecule has 0 fully saturated rings. The van der Waals surface area contributed by atoms with Crippen molar-refractivity contribution in [2.75, 3.05) is 13.7 Å². The van der Waals surface area contributed by atoms with Crippen molar-refractivity contribution >= 4 is 5.91 Å². The lowest BCUT2D eigenvalue weighted by molar-refractivity contribution is -0.119. The summed E-state index contributed by atoms with van der Waals surface area (Å²) < 4.78 is 5.24. The zero-order valence-corrected chi connectivity index (χ0v) is 18.0. The van der Waals surface area contributed by atoms with Crippen LogP contribution in [0.4, 0.5) is 0 Å². The Bertz CT molecular complexity index is 935. The molecule has 0 saturated heterocycles. The normalized spacial score (nSPS) is 16.0. The maximum absolute atomic E-state index is 12.7. The van der Waals surface area contributed by atoms with E-state index in [0.717, 1.165) is 16.9 Å². The molecular weight excluding hydrogens is 380 g/mol. The van der Waals surface area contributed by atoms with Gasteiger partial charge in [0.2, 0.25) is 0 Å². The number of phenolic OH excluding ortho intramolecular Hbond substituents is 2. The fourth-order valence-corrected chi connectivity index (χ4v) is 3.87. The summed E-state index contributed by atoms with van der Waals surface area (Å²) in [6.45, 7) is 6.93. The van der Waals surface area contributed by atoms with Gasteiger partial charge in [0.25, 0.3) is 5.91 Å². The number of benzene rings is 2. The average Bonchev–Trinajstić information content (AvgIpc) is 3.12. The fraction of sp³-hybridized carbons (Fsp3) is 0.375. The molecule has 6 nitrogen and oxygen atoms in total. The van der Waals surface area contributed by atoms with E-state index in [1.165, 1.54) is 6.07 Å². The van der Waals surface area contributed by atoms with Gasteiger partial charge in [-0.2, -0.15) is 0 Å². The number of hydrogen-bond acceptors (Lipinski definition) is 5. The third-order valence-corrected chi connectivity index (χ3v) is 5.46. The van der Waals surface area contributed by atoms with Crippen LogP contribution in [-0.4, -0.2) is 34.7 Å². The standard InChI is InChI=1S/C24H30N2O4/c1-5-25-24(29)21-11-10-20(19-12-18(15(2)3)22(27)13-23(19)28)26(21)14-16-6-8-17(30-4)9-7-16/h6-9,11-13,15,20,27-28H,5,10,14H2,1-4H3,(H,25,29). The molecule has 0 spiro atoms. The zero-order valence-electron chi connectivity index (χ0n) is 18.0. The minimum Gasteiger partial charge on any atom is -0.508 e. The Morgan fingerprint density at radius 3 is 2.50 bits per heavy atom. The number of amides is 1. The minimum atomic E-state index is -0.206. The van der Waals surface area contributed by atoms with Crippen LogP contribution in [0.25, 0.3) is 0 Å². The van der Waals surface area contributed by atoms with E-state index in [-0.39, 0.29) is 29.4 Å². The molecule has 1 aliphatic rings. The lowest BCUT2D eigenvalue weighted by Crippen LogP contribution is -2.34. The summed E-state index contributed by atoms with van der Waals surface area (Å²) in [5.74, 6) is 0.872. The van der Waals surface area contributed by atoms with Crippen LogP contribution in [0, 0.1) is 0 Å². The average molecular weight is 411 g/mol. The molecule has 160 valence electrons. The molecule has 0 aliphatic carbocycles. The SMILES string of the molecule is CCNC(=O)C1=CCC(c2cc(C(C)C)c(O)cc2O)N1Cc1ccc(OC)cc1. The molecule has 0 radical (unpaired) electrons. The van der Waals surface area contributed by atoms with Crippen molar-refractivity contribution in [1.82, 2.24) is 10.2 Å². The van der Waals surface area contributed by atoms with Crippen LogP contribution >= 0.6 is 0 Å². The third kappa shape index (κ3) is 4.37. The van der Waals surface area contributed by atoms with E-state index >= 15 is 0 Å². The first-order valence-corrected chi connectivity index (χ1v) is 10.3. The molecule has 1 heterocycles. The molecule has 2 aromatic rings. The van der Waals surface area contributed by atoms with E-state index in [1.54, 1.807) is 7.11 Å². The fourth-order valence-electron chi connectivity index (χ4n) is 3.87. The second-order valence-corrected chi connectivity index (χ2v) is 7.80. The zero-order chi connectivity index (χ0) is 21.8. The van der Waals surface area contributed by atoms with Crippen molar-refractivity contribution in [2.45, 2.75) is 45.7 Å². The predicted octanol–water partition coefficient (Wildman–Crippen LogP) is 4.20. The van der Waals surface area contributed by atoms with E-state index in [1.807, 2.05) is 62.1 Å². The van der Waals surface area contributed by atoms with Gasteiger partial charge in [-0.05, 0) is 48.6 Å². The number of ether oxygens (including phenoxy) is 1. The topological polar surface area (TPSA) is 82.0 Å². The Morgan fingerprint density at radius 2 is 1.90 bits per heavy atom. The summed E-state index contributed by atoms with van der Waals surface area (Å²) >= 11 is 0. The first kappa shape index (κ1) is 21.6. The summed E-state index contributed by atoms with van der Waals surface area (Å²) in [4.78, 5) is 14.7. The van der Waals surface area contributed by atoms with Crippen LogP contribution in [0.2, 0.25) is 0 Å². The summed E-state index contributed by atoms with van der Waals surface area (Å²) in [5.41, 5.74) is 3.11. The quantitative estimate of drug-likeness (QED) is 0.637. The van der Waals surface area contributed by atoms with E-state index in [0.29, 0.717) is 30.8 Å². The first-order valence-electron chi connectivity index (χ1n) is 10.3. The number of rotatable bonds is 7. The molecule has 1 amide bonds. The van der Waals surface area contributed by atoms with Gasteiger partial charge in [-0.1, -0.05) is 32.1 Å². The number of carbonyl (C=O) groups is 1. The molecule has 3 rings (SSSR count). The van der Waals surface area contributed by atoms with Crippen LogP contribution < -0.4 is 10.1 Å². The maximum Gasteiger partial charge on any atom is 0.267 e. The molecular formula is C24H30N2O4. The second-order valence-electron chi connectivity index (χ2n) is 7.80. The van der Waals surface area contributed by atoms with Gasteiger partial charge >= 0.3 is 0 Å². The van der Waals surface area contributed by atoms with Crippen LogP contribution in [0.1, 0.15) is 55.8 Å². The highest BCUT2D eigenvalue weighted by Gasteiger charge is 2.33. The lowest BCUT2D eigenvalue weighted by atomic mass is 9.94. The molecule has 30 heavy (non-hydrogen) atoms. The van der Waals surface area contributed by atoms with Gasteiger partial charge in [-0.25, -0.2) is 0 Å². The van der Waals surface area contributed by atoms with Crippen molar-refractivity contribution in [3.63, 3.8) is 0 Å².